The Morgan fingerprint density at radius 3 is 1.73 bits per heavy atom. The van der Waals surface area contributed by atoms with Crippen LogP contribution in [-0.2, 0) is 4.79 Å². The Bertz CT molecular complexity index is 1050. The van der Waals surface area contributed by atoms with Gasteiger partial charge < -0.3 is 19.3 Å². The maximum atomic E-state index is 13.6. The number of carbonyl (C=O) groups excluding carboxylic acids is 2. The standard InChI is InChI=1S/C27H28N2O4/c1-32-23-14-13-22(19-24(23)33-2)26(30)28-15-17-29(18-16-28)27(31)25(20-9-5-3-6-10-20)21-11-7-4-8-12-21/h3-14,19,25H,15-18H2,1-2H3. The largest absolute Gasteiger partial charge is 0.493 e. The van der Waals surface area contributed by atoms with Crippen molar-refractivity contribution in [2.75, 3.05) is 40.4 Å². The van der Waals surface area contributed by atoms with Gasteiger partial charge in [0.05, 0.1) is 20.1 Å². The molecule has 6 nitrogen and oxygen atoms in total. The van der Waals surface area contributed by atoms with Crippen molar-refractivity contribution in [1.29, 1.82) is 0 Å². The van der Waals surface area contributed by atoms with Crippen LogP contribution in [0.1, 0.15) is 27.4 Å². The molecule has 0 aliphatic carbocycles. The zero-order valence-electron chi connectivity index (χ0n) is 18.9. The lowest BCUT2D eigenvalue weighted by Gasteiger charge is -2.36. The minimum atomic E-state index is -0.361. The lowest BCUT2D eigenvalue weighted by atomic mass is 9.90. The average Bonchev–Trinajstić information content (AvgIpc) is 2.89. The number of ether oxygens (including phenoxy) is 2. The third-order valence-electron chi connectivity index (χ3n) is 6.02. The summed E-state index contributed by atoms with van der Waals surface area (Å²) in [6.45, 7) is 1.95. The topological polar surface area (TPSA) is 59.1 Å². The summed E-state index contributed by atoms with van der Waals surface area (Å²) in [6, 6.07) is 24.9. The lowest BCUT2D eigenvalue weighted by molar-refractivity contribution is -0.133. The summed E-state index contributed by atoms with van der Waals surface area (Å²) in [6.07, 6.45) is 0. The molecule has 1 fully saturated rings. The van der Waals surface area contributed by atoms with Gasteiger partial charge in [0.15, 0.2) is 11.5 Å². The van der Waals surface area contributed by atoms with Gasteiger partial charge in [-0.2, -0.15) is 0 Å². The first kappa shape index (κ1) is 22.4. The summed E-state index contributed by atoms with van der Waals surface area (Å²) in [5.74, 6) is 0.722. The Kier molecular flexibility index (Phi) is 6.93. The number of rotatable bonds is 6. The molecule has 1 aliphatic rings. The van der Waals surface area contributed by atoms with Crippen molar-refractivity contribution in [1.82, 2.24) is 9.80 Å². The predicted molar refractivity (Wildman–Crippen MR) is 127 cm³/mol. The molecule has 1 aliphatic heterocycles. The van der Waals surface area contributed by atoms with Crippen molar-refractivity contribution in [2.24, 2.45) is 0 Å². The van der Waals surface area contributed by atoms with E-state index in [0.29, 0.717) is 43.2 Å². The first-order valence-electron chi connectivity index (χ1n) is 11.0. The van der Waals surface area contributed by atoms with Gasteiger partial charge in [0.25, 0.3) is 5.91 Å². The van der Waals surface area contributed by atoms with Crippen molar-refractivity contribution in [3.8, 4) is 11.5 Å². The van der Waals surface area contributed by atoms with Crippen LogP contribution in [0.25, 0.3) is 0 Å². The number of amides is 2. The summed E-state index contributed by atoms with van der Waals surface area (Å²) in [5.41, 5.74) is 2.48. The highest BCUT2D eigenvalue weighted by Crippen LogP contribution is 2.29. The zero-order valence-corrected chi connectivity index (χ0v) is 18.9. The summed E-state index contributed by atoms with van der Waals surface area (Å²) < 4.78 is 10.6. The molecule has 1 saturated heterocycles. The number of nitrogens with zero attached hydrogens (tertiary/aromatic N) is 2. The molecule has 170 valence electrons. The summed E-state index contributed by atoms with van der Waals surface area (Å²) in [5, 5.41) is 0. The fourth-order valence-electron chi connectivity index (χ4n) is 4.23. The summed E-state index contributed by atoms with van der Waals surface area (Å²) in [4.78, 5) is 30.3. The Balaban J connectivity index is 1.47. The minimum absolute atomic E-state index is 0.0608. The average molecular weight is 445 g/mol. The van der Waals surface area contributed by atoms with Crippen LogP contribution in [0, 0.1) is 0 Å². The van der Waals surface area contributed by atoms with E-state index in [2.05, 4.69) is 0 Å². The number of methoxy groups -OCH3 is 2. The molecule has 3 aromatic carbocycles. The van der Waals surface area contributed by atoms with Gasteiger partial charge in [-0.1, -0.05) is 60.7 Å². The molecular weight excluding hydrogens is 416 g/mol. The summed E-state index contributed by atoms with van der Waals surface area (Å²) >= 11 is 0. The van der Waals surface area contributed by atoms with Crippen LogP contribution in [0.15, 0.2) is 78.9 Å². The van der Waals surface area contributed by atoms with Crippen LogP contribution in [0.4, 0.5) is 0 Å². The molecule has 0 aromatic heterocycles. The summed E-state index contributed by atoms with van der Waals surface area (Å²) in [7, 11) is 3.11. The fourth-order valence-corrected chi connectivity index (χ4v) is 4.23. The molecule has 0 bridgehead atoms. The molecule has 0 N–H and O–H groups in total. The van der Waals surface area contributed by atoms with Crippen molar-refractivity contribution >= 4 is 11.8 Å². The second-order valence-corrected chi connectivity index (χ2v) is 7.94. The van der Waals surface area contributed by atoms with E-state index in [4.69, 9.17) is 9.47 Å². The third-order valence-corrected chi connectivity index (χ3v) is 6.02. The van der Waals surface area contributed by atoms with Crippen molar-refractivity contribution < 1.29 is 19.1 Å². The number of benzene rings is 3. The number of carbonyl (C=O) groups is 2. The van der Waals surface area contributed by atoms with Gasteiger partial charge in [-0.3, -0.25) is 9.59 Å². The highest BCUT2D eigenvalue weighted by atomic mass is 16.5. The second-order valence-electron chi connectivity index (χ2n) is 7.94. The highest BCUT2D eigenvalue weighted by molar-refractivity contribution is 5.95. The predicted octanol–water partition coefficient (Wildman–Crippen LogP) is 3.82. The maximum Gasteiger partial charge on any atom is 0.254 e. The quantitative estimate of drug-likeness (QED) is 0.580. The first-order valence-corrected chi connectivity index (χ1v) is 11.0. The van der Waals surface area contributed by atoms with Gasteiger partial charge >= 0.3 is 0 Å². The van der Waals surface area contributed by atoms with E-state index in [1.807, 2.05) is 65.6 Å². The molecule has 1 heterocycles. The number of piperazine rings is 1. The van der Waals surface area contributed by atoms with Crippen LogP contribution in [0.5, 0.6) is 11.5 Å². The maximum absolute atomic E-state index is 13.6. The van der Waals surface area contributed by atoms with E-state index in [9.17, 15) is 9.59 Å². The van der Waals surface area contributed by atoms with E-state index in [-0.39, 0.29) is 17.7 Å². The fraction of sp³-hybridized carbons (Fsp3) is 0.259. The molecule has 0 saturated carbocycles. The monoisotopic (exact) mass is 444 g/mol. The molecule has 2 amide bonds. The molecular formula is C27H28N2O4. The van der Waals surface area contributed by atoms with Crippen molar-refractivity contribution in [3.05, 3.63) is 95.6 Å². The first-order chi connectivity index (χ1) is 16.1. The molecule has 0 atom stereocenters. The molecule has 33 heavy (non-hydrogen) atoms. The molecule has 4 rings (SSSR count). The Morgan fingerprint density at radius 2 is 1.21 bits per heavy atom. The van der Waals surface area contributed by atoms with E-state index < -0.39 is 0 Å². The van der Waals surface area contributed by atoms with Crippen LogP contribution in [-0.4, -0.2) is 62.0 Å². The van der Waals surface area contributed by atoms with Gasteiger partial charge in [0, 0.05) is 31.7 Å². The van der Waals surface area contributed by atoms with Crippen LogP contribution < -0.4 is 9.47 Å². The Morgan fingerprint density at radius 1 is 0.697 bits per heavy atom. The lowest BCUT2D eigenvalue weighted by Crippen LogP contribution is -2.51. The van der Waals surface area contributed by atoms with Crippen molar-refractivity contribution in [2.45, 2.75) is 5.92 Å². The van der Waals surface area contributed by atoms with Crippen LogP contribution in [0.2, 0.25) is 0 Å². The molecule has 0 radical (unpaired) electrons. The van der Waals surface area contributed by atoms with E-state index in [1.54, 1.807) is 37.3 Å². The van der Waals surface area contributed by atoms with Crippen LogP contribution in [0.3, 0.4) is 0 Å². The van der Waals surface area contributed by atoms with E-state index in [1.165, 1.54) is 0 Å². The molecule has 0 spiro atoms. The molecule has 6 heteroatoms. The van der Waals surface area contributed by atoms with Crippen molar-refractivity contribution in [3.63, 3.8) is 0 Å². The SMILES string of the molecule is COc1ccc(C(=O)N2CCN(C(=O)C(c3ccccc3)c3ccccc3)CC2)cc1OC. The van der Waals surface area contributed by atoms with Gasteiger partial charge in [-0.05, 0) is 29.3 Å². The van der Waals surface area contributed by atoms with Gasteiger partial charge in [0.1, 0.15) is 0 Å². The molecule has 0 unspecified atom stereocenters. The smallest absolute Gasteiger partial charge is 0.254 e. The van der Waals surface area contributed by atoms with Gasteiger partial charge in [0.2, 0.25) is 5.91 Å². The highest BCUT2D eigenvalue weighted by Gasteiger charge is 2.31. The van der Waals surface area contributed by atoms with Gasteiger partial charge in [-0.25, -0.2) is 0 Å². The van der Waals surface area contributed by atoms with E-state index >= 15 is 0 Å². The number of hydrogen-bond donors (Lipinski definition) is 0. The van der Waals surface area contributed by atoms with Gasteiger partial charge in [-0.15, -0.1) is 0 Å². The number of hydrogen-bond acceptors (Lipinski definition) is 4. The minimum Gasteiger partial charge on any atom is -0.493 e. The Labute approximate surface area is 194 Å². The zero-order chi connectivity index (χ0) is 23.2. The Hall–Kier alpha value is -3.80. The normalized spacial score (nSPS) is 13.7. The molecule has 3 aromatic rings. The second kappa shape index (κ2) is 10.2. The van der Waals surface area contributed by atoms with Crippen LogP contribution >= 0.6 is 0 Å². The third kappa shape index (κ3) is 4.85. The van der Waals surface area contributed by atoms with E-state index in [0.717, 1.165) is 11.1 Å².